The number of pyridine rings is 1. The molecule has 0 saturated carbocycles. The van der Waals surface area contributed by atoms with E-state index in [1.54, 1.807) is 7.05 Å². The Balaban J connectivity index is 0.00000306. The zero-order valence-electron chi connectivity index (χ0n) is 19.1. The van der Waals surface area contributed by atoms with E-state index in [0.717, 1.165) is 68.5 Å². The minimum absolute atomic E-state index is 0. The van der Waals surface area contributed by atoms with Crippen LogP contribution in [0.1, 0.15) is 25.0 Å². The van der Waals surface area contributed by atoms with Crippen LogP contribution < -0.4 is 20.3 Å². The molecular weight excluding hydrogens is 531 g/mol. The van der Waals surface area contributed by atoms with Gasteiger partial charge < -0.3 is 20.3 Å². The summed E-state index contributed by atoms with van der Waals surface area (Å²) in [5.41, 5.74) is 1.97. The first kappa shape index (κ1) is 25.2. The summed E-state index contributed by atoms with van der Waals surface area (Å²) in [6, 6.07) is 14.2. The lowest BCUT2D eigenvalue weighted by Gasteiger charge is -2.33. The molecule has 0 atom stereocenters. The molecule has 1 amide bonds. The van der Waals surface area contributed by atoms with Gasteiger partial charge in [0, 0.05) is 52.0 Å². The normalized spacial score (nSPS) is 17.1. The van der Waals surface area contributed by atoms with Crippen LogP contribution in [-0.4, -0.2) is 67.6 Å². The molecule has 33 heavy (non-hydrogen) atoms. The molecule has 1 aromatic heterocycles. The number of para-hydroxylation sites is 2. The number of halogens is 1. The largest absolute Gasteiger partial charge is 0.482 e. The molecule has 2 aliphatic rings. The first-order valence-electron chi connectivity index (χ1n) is 11.3. The molecule has 0 spiro atoms. The number of carbonyl (C=O) groups excluding carboxylic acids is 1. The number of benzene rings is 1. The van der Waals surface area contributed by atoms with Crippen molar-refractivity contribution in [2.75, 3.05) is 44.7 Å². The average molecular weight is 564 g/mol. The molecule has 3 heterocycles. The highest BCUT2D eigenvalue weighted by Crippen LogP contribution is 2.31. The Hall–Kier alpha value is -2.40. The van der Waals surface area contributed by atoms with Gasteiger partial charge in [-0.25, -0.2) is 0 Å². The Kier molecular flexibility index (Phi) is 9.74. The lowest BCUT2D eigenvalue weighted by Crippen LogP contribution is -2.49. The number of guanidine groups is 1. The molecule has 4 rings (SSSR count). The van der Waals surface area contributed by atoms with E-state index in [4.69, 9.17) is 4.74 Å². The average Bonchev–Trinajstić information content (AvgIpc) is 2.84. The molecule has 1 saturated heterocycles. The number of fused-ring (bicyclic) bond motifs is 1. The van der Waals surface area contributed by atoms with Gasteiger partial charge in [-0.3, -0.25) is 19.7 Å². The predicted molar refractivity (Wildman–Crippen MR) is 141 cm³/mol. The second kappa shape index (κ2) is 12.7. The van der Waals surface area contributed by atoms with Crippen molar-refractivity contribution in [2.24, 2.45) is 4.99 Å². The van der Waals surface area contributed by atoms with E-state index in [9.17, 15) is 4.79 Å². The monoisotopic (exact) mass is 564 g/mol. The molecule has 2 aliphatic heterocycles. The standard InChI is InChI=1S/C24H32N6O2.HI/c1-25-24(28-19-10-15-29(16-11-19)17-20-7-4-5-12-26-20)27-13-6-14-30-21-8-2-3-9-22(21)32-18-23(30)31;/h2-5,7-9,12,19H,6,10-11,13-18H2,1H3,(H2,25,27,28);1H. The van der Waals surface area contributed by atoms with Gasteiger partial charge in [0.15, 0.2) is 12.6 Å². The zero-order chi connectivity index (χ0) is 22.2. The quantitative estimate of drug-likeness (QED) is 0.233. The minimum atomic E-state index is 0. The van der Waals surface area contributed by atoms with Crippen molar-refractivity contribution in [1.82, 2.24) is 20.5 Å². The van der Waals surface area contributed by atoms with E-state index in [-0.39, 0.29) is 36.5 Å². The number of ether oxygens (including phenoxy) is 1. The van der Waals surface area contributed by atoms with Crippen LogP contribution in [0.25, 0.3) is 0 Å². The number of nitrogens with zero attached hydrogens (tertiary/aromatic N) is 4. The molecule has 0 bridgehead atoms. The first-order valence-corrected chi connectivity index (χ1v) is 11.3. The highest BCUT2D eigenvalue weighted by Gasteiger charge is 2.24. The summed E-state index contributed by atoms with van der Waals surface area (Å²) in [5, 5.41) is 6.94. The molecule has 0 aliphatic carbocycles. The lowest BCUT2D eigenvalue weighted by molar-refractivity contribution is -0.121. The van der Waals surface area contributed by atoms with Gasteiger partial charge in [0.25, 0.3) is 5.91 Å². The smallest absolute Gasteiger partial charge is 0.265 e. The van der Waals surface area contributed by atoms with Crippen molar-refractivity contribution in [1.29, 1.82) is 0 Å². The van der Waals surface area contributed by atoms with Gasteiger partial charge in [0.2, 0.25) is 0 Å². The summed E-state index contributed by atoms with van der Waals surface area (Å²) in [6.45, 7) is 4.49. The number of likely N-dealkylation sites (tertiary alicyclic amines) is 1. The number of aliphatic imine (C=N–C) groups is 1. The Labute approximate surface area is 212 Å². The number of rotatable bonds is 7. The van der Waals surface area contributed by atoms with Crippen molar-refractivity contribution in [3.63, 3.8) is 0 Å². The molecule has 2 aromatic rings. The SMILES string of the molecule is CN=C(NCCCN1C(=O)COc2ccccc21)NC1CCN(Cc2ccccn2)CC1.I. The first-order chi connectivity index (χ1) is 15.7. The second-order valence-electron chi connectivity index (χ2n) is 8.17. The van der Waals surface area contributed by atoms with Gasteiger partial charge in [0.1, 0.15) is 5.75 Å². The van der Waals surface area contributed by atoms with E-state index in [2.05, 4.69) is 31.6 Å². The third-order valence-corrected chi connectivity index (χ3v) is 5.92. The molecular formula is C24H33IN6O2. The van der Waals surface area contributed by atoms with Crippen molar-refractivity contribution < 1.29 is 9.53 Å². The topological polar surface area (TPSA) is 82.1 Å². The maximum atomic E-state index is 12.3. The fourth-order valence-electron chi connectivity index (χ4n) is 4.19. The lowest BCUT2D eigenvalue weighted by atomic mass is 10.0. The van der Waals surface area contributed by atoms with Crippen molar-refractivity contribution in [3.8, 4) is 5.75 Å². The number of carbonyl (C=O) groups is 1. The van der Waals surface area contributed by atoms with Crippen LogP contribution in [-0.2, 0) is 11.3 Å². The summed E-state index contributed by atoms with van der Waals surface area (Å²) < 4.78 is 5.51. The maximum Gasteiger partial charge on any atom is 0.265 e. The van der Waals surface area contributed by atoms with Crippen molar-refractivity contribution in [3.05, 3.63) is 54.4 Å². The van der Waals surface area contributed by atoms with E-state index in [0.29, 0.717) is 12.6 Å². The van der Waals surface area contributed by atoms with Gasteiger partial charge in [-0.05, 0) is 43.5 Å². The number of piperidine rings is 1. The third kappa shape index (κ3) is 7.04. The van der Waals surface area contributed by atoms with Crippen molar-refractivity contribution >= 4 is 41.5 Å². The Morgan fingerprint density at radius 2 is 1.97 bits per heavy atom. The molecule has 0 unspecified atom stereocenters. The van der Waals surface area contributed by atoms with Gasteiger partial charge >= 0.3 is 0 Å². The predicted octanol–water partition coefficient (Wildman–Crippen LogP) is 2.64. The van der Waals surface area contributed by atoms with Crippen LogP contribution in [0.15, 0.2) is 53.7 Å². The number of aromatic nitrogens is 1. The second-order valence-corrected chi connectivity index (χ2v) is 8.17. The number of anilines is 1. The molecule has 1 aromatic carbocycles. The highest BCUT2D eigenvalue weighted by molar-refractivity contribution is 14.0. The fourth-order valence-corrected chi connectivity index (χ4v) is 4.19. The minimum Gasteiger partial charge on any atom is -0.482 e. The number of nitrogens with one attached hydrogen (secondary N) is 2. The van der Waals surface area contributed by atoms with E-state index < -0.39 is 0 Å². The van der Waals surface area contributed by atoms with Crippen LogP contribution in [0.3, 0.4) is 0 Å². The molecule has 2 N–H and O–H groups in total. The number of hydrogen-bond acceptors (Lipinski definition) is 5. The summed E-state index contributed by atoms with van der Waals surface area (Å²) in [5.74, 6) is 1.59. The Morgan fingerprint density at radius 1 is 1.18 bits per heavy atom. The van der Waals surface area contributed by atoms with Gasteiger partial charge in [-0.15, -0.1) is 24.0 Å². The van der Waals surface area contributed by atoms with E-state index in [1.807, 2.05) is 47.5 Å². The van der Waals surface area contributed by atoms with Crippen molar-refractivity contribution in [2.45, 2.75) is 31.8 Å². The molecule has 0 radical (unpaired) electrons. The van der Waals surface area contributed by atoms with Crippen LogP contribution in [0.5, 0.6) is 5.75 Å². The maximum absolute atomic E-state index is 12.3. The van der Waals surface area contributed by atoms with Gasteiger partial charge in [-0.2, -0.15) is 0 Å². The summed E-state index contributed by atoms with van der Waals surface area (Å²) in [4.78, 5) is 25.4. The molecule has 1 fully saturated rings. The highest BCUT2D eigenvalue weighted by atomic mass is 127. The zero-order valence-corrected chi connectivity index (χ0v) is 21.4. The third-order valence-electron chi connectivity index (χ3n) is 5.92. The fraction of sp³-hybridized carbons (Fsp3) is 0.458. The summed E-state index contributed by atoms with van der Waals surface area (Å²) >= 11 is 0. The number of amides is 1. The van der Waals surface area contributed by atoms with Crippen LogP contribution in [0.2, 0.25) is 0 Å². The Morgan fingerprint density at radius 3 is 2.73 bits per heavy atom. The Bertz CT molecular complexity index is 918. The van der Waals surface area contributed by atoms with Crippen LogP contribution in [0.4, 0.5) is 5.69 Å². The van der Waals surface area contributed by atoms with E-state index >= 15 is 0 Å². The number of hydrogen-bond donors (Lipinski definition) is 2. The van der Waals surface area contributed by atoms with Gasteiger partial charge in [0.05, 0.1) is 11.4 Å². The van der Waals surface area contributed by atoms with Gasteiger partial charge in [-0.1, -0.05) is 18.2 Å². The molecule has 9 heteroatoms. The molecule has 8 nitrogen and oxygen atoms in total. The van der Waals surface area contributed by atoms with Crippen LogP contribution in [0, 0.1) is 0 Å². The molecule has 178 valence electrons. The van der Waals surface area contributed by atoms with Crippen LogP contribution >= 0.6 is 24.0 Å². The summed E-state index contributed by atoms with van der Waals surface area (Å²) in [6.07, 6.45) is 4.83. The summed E-state index contributed by atoms with van der Waals surface area (Å²) in [7, 11) is 1.80. The van der Waals surface area contributed by atoms with E-state index in [1.165, 1.54) is 0 Å².